The third kappa shape index (κ3) is 5.70. The molecule has 10 heteroatoms. The standard InChI is InChI=1S/C22H21Cl2N5O2S/c23-15-5-7-16(8-6-15)25-21(31)27-22-26-17(14-32-22)13-20(30)29-11-9-28(10-12-29)19-4-2-1-3-18(19)24/h1-8,14H,9-13H2,(H2,25,26,27,31). The third-order valence-electron chi connectivity index (χ3n) is 5.03. The number of anilines is 3. The Bertz CT molecular complexity index is 1100. The zero-order valence-electron chi connectivity index (χ0n) is 17.1. The number of thiazole rings is 1. The molecule has 2 heterocycles. The highest BCUT2D eigenvalue weighted by Gasteiger charge is 2.23. The number of hydrogen-bond donors (Lipinski definition) is 2. The minimum absolute atomic E-state index is 0.0197. The Hall–Kier alpha value is -2.81. The lowest BCUT2D eigenvalue weighted by Crippen LogP contribution is -2.49. The highest BCUT2D eigenvalue weighted by Crippen LogP contribution is 2.26. The van der Waals surface area contributed by atoms with E-state index in [4.69, 9.17) is 23.2 Å². The molecule has 0 atom stereocenters. The second kappa shape index (κ2) is 10.2. The Morgan fingerprint density at radius 1 is 0.969 bits per heavy atom. The van der Waals surface area contributed by atoms with E-state index in [0.717, 1.165) is 23.8 Å². The molecule has 0 unspecified atom stereocenters. The summed E-state index contributed by atoms with van der Waals surface area (Å²) in [5, 5.41) is 8.93. The van der Waals surface area contributed by atoms with Crippen LogP contribution < -0.4 is 15.5 Å². The van der Waals surface area contributed by atoms with E-state index in [9.17, 15) is 9.59 Å². The van der Waals surface area contributed by atoms with Crippen LogP contribution in [0.5, 0.6) is 0 Å². The van der Waals surface area contributed by atoms with Crippen molar-refractivity contribution < 1.29 is 9.59 Å². The molecule has 1 aromatic heterocycles. The molecule has 7 nitrogen and oxygen atoms in total. The minimum Gasteiger partial charge on any atom is -0.367 e. The van der Waals surface area contributed by atoms with Crippen molar-refractivity contribution in [3.05, 3.63) is 69.7 Å². The monoisotopic (exact) mass is 489 g/mol. The van der Waals surface area contributed by atoms with E-state index in [0.29, 0.717) is 34.6 Å². The smallest absolute Gasteiger partial charge is 0.325 e. The number of amides is 3. The molecule has 1 fully saturated rings. The van der Waals surface area contributed by atoms with Gasteiger partial charge in [-0.15, -0.1) is 11.3 Å². The van der Waals surface area contributed by atoms with Crippen molar-refractivity contribution in [1.82, 2.24) is 9.88 Å². The first-order chi connectivity index (χ1) is 15.5. The fourth-order valence-electron chi connectivity index (χ4n) is 3.41. The van der Waals surface area contributed by atoms with Crippen LogP contribution in [-0.2, 0) is 11.2 Å². The predicted octanol–water partition coefficient (Wildman–Crippen LogP) is 4.99. The number of para-hydroxylation sites is 1. The van der Waals surface area contributed by atoms with Gasteiger partial charge in [-0.3, -0.25) is 10.1 Å². The fraction of sp³-hybridized carbons (Fsp3) is 0.227. The number of aromatic nitrogens is 1. The third-order valence-corrected chi connectivity index (χ3v) is 6.41. The zero-order chi connectivity index (χ0) is 22.5. The summed E-state index contributed by atoms with van der Waals surface area (Å²) in [6.45, 7) is 2.71. The van der Waals surface area contributed by atoms with Crippen LogP contribution in [0.25, 0.3) is 0 Å². The second-order valence-electron chi connectivity index (χ2n) is 7.23. The van der Waals surface area contributed by atoms with Crippen LogP contribution in [-0.4, -0.2) is 48.0 Å². The summed E-state index contributed by atoms with van der Waals surface area (Å²) >= 11 is 13.4. The summed E-state index contributed by atoms with van der Waals surface area (Å²) in [6.07, 6.45) is 0.197. The number of carbonyl (C=O) groups is 2. The first-order valence-electron chi connectivity index (χ1n) is 10.0. The maximum atomic E-state index is 12.7. The summed E-state index contributed by atoms with van der Waals surface area (Å²) in [7, 11) is 0. The highest BCUT2D eigenvalue weighted by molar-refractivity contribution is 7.14. The van der Waals surface area contributed by atoms with E-state index in [2.05, 4.69) is 20.5 Å². The summed E-state index contributed by atoms with van der Waals surface area (Å²) in [4.78, 5) is 33.2. The number of hydrogen-bond acceptors (Lipinski definition) is 5. The molecule has 0 aliphatic carbocycles. The lowest BCUT2D eigenvalue weighted by atomic mass is 10.2. The maximum absolute atomic E-state index is 12.7. The molecule has 1 aliphatic rings. The van der Waals surface area contributed by atoms with Crippen molar-refractivity contribution in [3.63, 3.8) is 0 Å². The van der Waals surface area contributed by atoms with Gasteiger partial charge in [0.15, 0.2) is 5.13 Å². The van der Waals surface area contributed by atoms with Crippen molar-refractivity contribution in [3.8, 4) is 0 Å². The molecule has 0 radical (unpaired) electrons. The second-order valence-corrected chi connectivity index (χ2v) is 8.93. The van der Waals surface area contributed by atoms with Gasteiger partial charge in [-0.2, -0.15) is 0 Å². The summed E-state index contributed by atoms with van der Waals surface area (Å²) in [6, 6.07) is 14.1. The van der Waals surface area contributed by atoms with Gasteiger partial charge in [0, 0.05) is 42.3 Å². The normalized spacial score (nSPS) is 13.7. The molecular weight excluding hydrogens is 469 g/mol. The summed E-state index contributed by atoms with van der Waals surface area (Å²) < 4.78 is 0. The Kier molecular flexibility index (Phi) is 7.14. The van der Waals surface area contributed by atoms with Crippen LogP contribution in [0.2, 0.25) is 10.0 Å². The Morgan fingerprint density at radius 2 is 1.69 bits per heavy atom. The Balaban J connectivity index is 1.26. The van der Waals surface area contributed by atoms with Crippen LogP contribution >= 0.6 is 34.5 Å². The zero-order valence-corrected chi connectivity index (χ0v) is 19.4. The number of rotatable bonds is 5. The molecule has 1 saturated heterocycles. The van der Waals surface area contributed by atoms with Crippen molar-refractivity contribution in [2.24, 2.45) is 0 Å². The lowest BCUT2D eigenvalue weighted by molar-refractivity contribution is -0.130. The van der Waals surface area contributed by atoms with Gasteiger partial charge in [0.05, 0.1) is 22.8 Å². The Morgan fingerprint density at radius 3 is 2.41 bits per heavy atom. The molecule has 0 spiro atoms. The molecule has 4 rings (SSSR count). The number of halogens is 2. The molecule has 3 aromatic rings. The number of benzene rings is 2. The number of nitrogens with one attached hydrogen (secondary N) is 2. The summed E-state index contributed by atoms with van der Waals surface area (Å²) in [5.41, 5.74) is 2.25. The topological polar surface area (TPSA) is 77.6 Å². The van der Waals surface area contributed by atoms with Gasteiger partial charge in [-0.1, -0.05) is 35.3 Å². The van der Waals surface area contributed by atoms with Crippen LogP contribution in [0, 0.1) is 0 Å². The maximum Gasteiger partial charge on any atom is 0.325 e. The van der Waals surface area contributed by atoms with Crippen LogP contribution in [0.3, 0.4) is 0 Å². The quantitative estimate of drug-likeness (QED) is 0.529. The van der Waals surface area contributed by atoms with Gasteiger partial charge in [0.2, 0.25) is 5.91 Å². The number of piperazine rings is 1. The average Bonchev–Trinajstić information content (AvgIpc) is 3.22. The molecule has 2 N–H and O–H groups in total. The van der Waals surface area contributed by atoms with Gasteiger partial charge >= 0.3 is 6.03 Å². The van der Waals surface area contributed by atoms with Crippen LogP contribution in [0.15, 0.2) is 53.9 Å². The van der Waals surface area contributed by atoms with Crippen molar-refractivity contribution in [2.45, 2.75) is 6.42 Å². The molecule has 0 bridgehead atoms. The van der Waals surface area contributed by atoms with Crippen molar-refractivity contribution >= 4 is 63.0 Å². The molecule has 1 aliphatic heterocycles. The van der Waals surface area contributed by atoms with Gasteiger partial charge in [0.1, 0.15) is 0 Å². The van der Waals surface area contributed by atoms with E-state index in [-0.39, 0.29) is 12.3 Å². The Labute approximate surface area is 200 Å². The van der Waals surface area contributed by atoms with E-state index in [1.165, 1.54) is 11.3 Å². The molecule has 0 saturated carbocycles. The van der Waals surface area contributed by atoms with Crippen molar-refractivity contribution in [1.29, 1.82) is 0 Å². The lowest BCUT2D eigenvalue weighted by Gasteiger charge is -2.36. The van der Waals surface area contributed by atoms with Gasteiger partial charge < -0.3 is 15.1 Å². The van der Waals surface area contributed by atoms with E-state index in [1.807, 2.05) is 29.2 Å². The molecule has 3 amide bonds. The average molecular weight is 490 g/mol. The molecule has 32 heavy (non-hydrogen) atoms. The first kappa shape index (κ1) is 22.4. The van der Waals surface area contributed by atoms with Crippen molar-refractivity contribution in [2.75, 3.05) is 41.7 Å². The number of carbonyl (C=O) groups excluding carboxylic acids is 2. The fourth-order valence-corrected chi connectivity index (χ4v) is 4.50. The highest BCUT2D eigenvalue weighted by atomic mass is 35.5. The molecule has 2 aromatic carbocycles. The van der Waals surface area contributed by atoms with Crippen LogP contribution in [0.1, 0.15) is 5.69 Å². The minimum atomic E-state index is -0.407. The van der Waals surface area contributed by atoms with E-state index >= 15 is 0 Å². The predicted molar refractivity (Wildman–Crippen MR) is 130 cm³/mol. The first-order valence-corrected chi connectivity index (χ1v) is 11.7. The molecular formula is C22H21Cl2N5O2S. The van der Waals surface area contributed by atoms with Gasteiger partial charge in [-0.25, -0.2) is 9.78 Å². The van der Waals surface area contributed by atoms with Gasteiger partial charge in [0.25, 0.3) is 0 Å². The van der Waals surface area contributed by atoms with E-state index in [1.54, 1.807) is 29.6 Å². The summed E-state index contributed by atoms with van der Waals surface area (Å²) in [5.74, 6) is 0.0197. The largest absolute Gasteiger partial charge is 0.367 e. The SMILES string of the molecule is O=C(Nc1ccc(Cl)cc1)Nc1nc(CC(=O)N2CCN(c3ccccc3Cl)CC2)cs1. The van der Waals surface area contributed by atoms with E-state index < -0.39 is 6.03 Å². The number of urea groups is 1. The number of nitrogens with zero attached hydrogens (tertiary/aromatic N) is 3. The van der Waals surface area contributed by atoms with Gasteiger partial charge in [-0.05, 0) is 36.4 Å². The van der Waals surface area contributed by atoms with Crippen LogP contribution in [0.4, 0.5) is 21.3 Å². The molecule has 166 valence electrons.